The van der Waals surface area contributed by atoms with Crippen molar-refractivity contribution < 1.29 is 22.7 Å². The molecule has 1 aromatic carbocycles. The van der Waals surface area contributed by atoms with E-state index in [4.69, 9.17) is 9.47 Å². The average molecular weight is 552 g/mol. The van der Waals surface area contributed by atoms with Gasteiger partial charge in [0.1, 0.15) is 11.9 Å². The van der Waals surface area contributed by atoms with Gasteiger partial charge in [0.25, 0.3) is 0 Å². The van der Waals surface area contributed by atoms with Crippen LogP contribution in [-0.4, -0.2) is 58.6 Å². The molecule has 10 nitrogen and oxygen atoms in total. The van der Waals surface area contributed by atoms with E-state index in [0.29, 0.717) is 12.4 Å². The summed E-state index contributed by atoms with van der Waals surface area (Å²) in [5.41, 5.74) is 0.945. The Balaban J connectivity index is 0.000000211. The fraction of sp³-hybridized carbons (Fsp3) is 0.704. The molecular formula is C27H45N5O5S. The minimum absolute atomic E-state index is 0.0237. The molecule has 0 bridgehead atoms. The summed E-state index contributed by atoms with van der Waals surface area (Å²) in [6, 6.07) is 7.95. The van der Waals surface area contributed by atoms with Gasteiger partial charge in [-0.15, -0.1) is 10.2 Å². The zero-order valence-corrected chi connectivity index (χ0v) is 24.7. The number of benzene rings is 1. The molecule has 0 saturated heterocycles. The van der Waals surface area contributed by atoms with Crippen molar-refractivity contribution in [2.24, 2.45) is 5.92 Å². The third kappa shape index (κ3) is 11.1. The third-order valence-corrected chi connectivity index (χ3v) is 7.88. The first kappa shape index (κ1) is 31.7. The number of aromatic nitrogens is 4. The highest BCUT2D eigenvalue weighted by Gasteiger charge is 2.35. The van der Waals surface area contributed by atoms with Gasteiger partial charge in [-0.05, 0) is 103 Å². The number of ether oxygens (including phenoxy) is 2. The fourth-order valence-corrected chi connectivity index (χ4v) is 5.14. The Morgan fingerprint density at radius 1 is 1.03 bits per heavy atom. The number of carbonyl (C=O) groups is 1. The fourth-order valence-electron chi connectivity index (χ4n) is 3.54. The number of hydrogen-bond acceptors (Lipinski definition) is 8. The molecule has 0 atom stereocenters. The van der Waals surface area contributed by atoms with Crippen LogP contribution >= 0.6 is 0 Å². The zero-order valence-electron chi connectivity index (χ0n) is 23.9. The van der Waals surface area contributed by atoms with Gasteiger partial charge in [0.05, 0.1) is 23.8 Å². The van der Waals surface area contributed by atoms with E-state index >= 15 is 0 Å². The van der Waals surface area contributed by atoms with Crippen LogP contribution in [0.25, 0.3) is 11.4 Å². The number of carbonyl (C=O) groups excluding carboxylic acids is 1. The molecular weight excluding hydrogens is 506 g/mol. The number of sulfonamides is 1. The van der Waals surface area contributed by atoms with Crippen molar-refractivity contribution in [1.82, 2.24) is 24.9 Å². The Labute approximate surface area is 227 Å². The molecule has 0 aliphatic heterocycles. The molecule has 1 aromatic heterocycles. The van der Waals surface area contributed by atoms with Crippen molar-refractivity contribution in [3.05, 3.63) is 24.3 Å². The highest BCUT2D eigenvalue weighted by Crippen LogP contribution is 2.27. The molecule has 2 aliphatic rings. The van der Waals surface area contributed by atoms with Crippen LogP contribution in [0.2, 0.25) is 0 Å². The van der Waals surface area contributed by atoms with Crippen LogP contribution in [0, 0.1) is 5.92 Å². The van der Waals surface area contributed by atoms with E-state index in [9.17, 15) is 13.2 Å². The maximum absolute atomic E-state index is 11.1. The van der Waals surface area contributed by atoms with Gasteiger partial charge in [-0.25, -0.2) is 13.1 Å². The highest BCUT2D eigenvalue weighted by atomic mass is 32.2. The minimum atomic E-state index is -2.94. The van der Waals surface area contributed by atoms with Crippen LogP contribution in [0.15, 0.2) is 24.3 Å². The second kappa shape index (κ2) is 15.2. The van der Waals surface area contributed by atoms with Gasteiger partial charge < -0.3 is 9.47 Å². The van der Waals surface area contributed by atoms with Crippen molar-refractivity contribution >= 4 is 16.0 Å². The van der Waals surface area contributed by atoms with Crippen molar-refractivity contribution in [1.29, 1.82) is 0 Å². The average Bonchev–Trinajstić information content (AvgIpc) is 3.38. The summed E-state index contributed by atoms with van der Waals surface area (Å²) in [5, 5.41) is 12.2. The summed E-state index contributed by atoms with van der Waals surface area (Å²) in [7, 11) is -2.94. The number of rotatable bonds is 9. The molecule has 4 rings (SSSR count). The quantitative estimate of drug-likeness (QED) is 0.435. The Hall–Kier alpha value is -2.53. The lowest BCUT2D eigenvalue weighted by Gasteiger charge is -2.12. The van der Waals surface area contributed by atoms with Gasteiger partial charge in [0.2, 0.25) is 15.8 Å². The summed E-state index contributed by atoms with van der Waals surface area (Å²) >= 11 is 0. The van der Waals surface area contributed by atoms with E-state index in [2.05, 4.69) is 20.1 Å². The SMILES string of the molecule is CC(C)C(=O)OC1CCCC1.CC(C)NS(=O)(=O)C1CC1.CCOc1ccc(-c2nnn(C(C)C)n2)cc1. The first-order valence-corrected chi connectivity index (χ1v) is 15.2. The summed E-state index contributed by atoms with van der Waals surface area (Å²) < 4.78 is 35.3. The molecule has 1 heterocycles. The molecule has 2 fully saturated rings. The number of nitrogens with zero attached hydrogens (tertiary/aromatic N) is 4. The maximum atomic E-state index is 11.1. The first-order valence-electron chi connectivity index (χ1n) is 13.7. The van der Waals surface area contributed by atoms with Crippen LogP contribution in [0.4, 0.5) is 0 Å². The number of esters is 1. The molecule has 0 spiro atoms. The molecule has 214 valence electrons. The lowest BCUT2D eigenvalue weighted by Crippen LogP contribution is -2.32. The molecule has 2 saturated carbocycles. The molecule has 2 aromatic rings. The summed E-state index contributed by atoms with van der Waals surface area (Å²) in [4.78, 5) is 12.7. The van der Waals surface area contributed by atoms with Crippen LogP contribution in [0.3, 0.4) is 0 Å². The van der Waals surface area contributed by atoms with Crippen LogP contribution in [0.1, 0.15) is 93.0 Å². The molecule has 0 amide bonds. The standard InChI is InChI=1S/C12H16N4O.C9H16O2.C6H13NO2S/c1-4-17-11-7-5-10(6-8-11)12-13-15-16(14-12)9(2)3;1-7(2)9(10)11-8-5-3-4-6-8;1-5(2)7-10(8,9)6-3-4-6/h5-9H,4H2,1-3H3;7-8H,3-6H2,1-2H3;5-7H,3-4H2,1-2H3. The largest absolute Gasteiger partial charge is 0.494 e. The van der Waals surface area contributed by atoms with Crippen molar-refractivity contribution in [3.8, 4) is 17.1 Å². The lowest BCUT2D eigenvalue weighted by molar-refractivity contribution is -0.152. The minimum Gasteiger partial charge on any atom is -0.494 e. The van der Waals surface area contributed by atoms with E-state index < -0.39 is 10.0 Å². The summed E-state index contributed by atoms with van der Waals surface area (Å²) in [5.74, 6) is 1.47. The van der Waals surface area contributed by atoms with Crippen molar-refractivity contribution in [2.75, 3.05) is 6.61 Å². The predicted octanol–water partition coefficient (Wildman–Crippen LogP) is 4.92. The molecule has 0 radical (unpaired) electrons. The van der Waals surface area contributed by atoms with Crippen LogP contribution in [-0.2, 0) is 19.6 Å². The number of hydrogen-bond donors (Lipinski definition) is 1. The van der Waals surface area contributed by atoms with Crippen LogP contribution in [0.5, 0.6) is 5.75 Å². The Morgan fingerprint density at radius 2 is 1.63 bits per heavy atom. The van der Waals surface area contributed by atoms with Gasteiger partial charge in [-0.3, -0.25) is 4.79 Å². The molecule has 2 aliphatic carbocycles. The van der Waals surface area contributed by atoms with Gasteiger partial charge in [0, 0.05) is 11.6 Å². The van der Waals surface area contributed by atoms with Gasteiger partial charge >= 0.3 is 5.97 Å². The smallest absolute Gasteiger partial charge is 0.308 e. The predicted molar refractivity (Wildman–Crippen MR) is 148 cm³/mol. The third-order valence-electron chi connectivity index (χ3n) is 5.73. The van der Waals surface area contributed by atoms with E-state index in [1.54, 1.807) is 4.80 Å². The van der Waals surface area contributed by atoms with E-state index in [-0.39, 0.29) is 35.3 Å². The molecule has 38 heavy (non-hydrogen) atoms. The van der Waals surface area contributed by atoms with Crippen molar-refractivity contribution in [3.63, 3.8) is 0 Å². The van der Waals surface area contributed by atoms with Crippen LogP contribution < -0.4 is 9.46 Å². The van der Waals surface area contributed by atoms with Gasteiger partial charge in [0.15, 0.2) is 0 Å². The summed E-state index contributed by atoms with van der Waals surface area (Å²) in [6.45, 7) is 14.1. The Morgan fingerprint density at radius 3 is 2.08 bits per heavy atom. The lowest BCUT2D eigenvalue weighted by atomic mass is 10.2. The molecule has 1 N–H and O–H groups in total. The number of tetrazole rings is 1. The molecule has 0 unspecified atom stereocenters. The molecule has 11 heteroatoms. The first-order chi connectivity index (χ1) is 17.9. The van der Waals surface area contributed by atoms with Crippen molar-refractivity contribution in [2.45, 2.75) is 110 Å². The van der Waals surface area contributed by atoms with E-state index in [0.717, 1.165) is 37.0 Å². The Kier molecular flexibility index (Phi) is 12.6. The summed E-state index contributed by atoms with van der Waals surface area (Å²) in [6.07, 6.45) is 6.47. The van der Waals surface area contributed by atoms with E-state index in [1.807, 2.05) is 72.7 Å². The number of nitrogens with one attached hydrogen (secondary N) is 1. The zero-order chi connectivity index (χ0) is 28.3. The second-order valence-corrected chi connectivity index (χ2v) is 12.5. The highest BCUT2D eigenvalue weighted by molar-refractivity contribution is 7.90. The topological polar surface area (TPSA) is 125 Å². The van der Waals surface area contributed by atoms with E-state index in [1.165, 1.54) is 12.8 Å². The maximum Gasteiger partial charge on any atom is 0.308 e. The normalized spacial score (nSPS) is 15.6. The van der Waals surface area contributed by atoms with Gasteiger partial charge in [-0.1, -0.05) is 13.8 Å². The monoisotopic (exact) mass is 551 g/mol. The Bertz CT molecular complexity index is 1070. The second-order valence-electron chi connectivity index (χ2n) is 10.5. The van der Waals surface area contributed by atoms with Gasteiger partial charge in [-0.2, -0.15) is 4.80 Å².